The molecule has 0 bridgehead atoms. The first kappa shape index (κ1) is 12.2. The van der Waals surface area contributed by atoms with E-state index in [2.05, 4.69) is 10.1 Å². The van der Waals surface area contributed by atoms with Crippen LogP contribution in [0.5, 0.6) is 5.88 Å². The van der Waals surface area contributed by atoms with Crippen molar-refractivity contribution in [3.05, 3.63) is 44.4 Å². The van der Waals surface area contributed by atoms with Gasteiger partial charge in [-0.05, 0) is 18.9 Å². The number of hydrogen-bond donors (Lipinski definition) is 2. The molecule has 0 fully saturated rings. The highest BCUT2D eigenvalue weighted by atomic mass is 16.3. The van der Waals surface area contributed by atoms with Crippen LogP contribution in [-0.4, -0.2) is 24.4 Å². The maximum atomic E-state index is 11.6. The van der Waals surface area contributed by atoms with Crippen LogP contribution >= 0.6 is 0 Å². The fraction of sp³-hybridized carbons (Fsp3) is 0.364. The molecule has 0 aliphatic rings. The van der Waals surface area contributed by atoms with Gasteiger partial charge in [0.05, 0.1) is 11.8 Å². The van der Waals surface area contributed by atoms with Gasteiger partial charge in [0, 0.05) is 19.8 Å². The summed E-state index contributed by atoms with van der Waals surface area (Å²) in [5, 5.41) is 13.8. The Hall–Kier alpha value is -2.31. The Balaban J connectivity index is 2.27. The Morgan fingerprint density at radius 1 is 1.44 bits per heavy atom. The van der Waals surface area contributed by atoms with Crippen LogP contribution in [0.1, 0.15) is 11.1 Å². The van der Waals surface area contributed by atoms with Gasteiger partial charge in [-0.25, -0.2) is 4.79 Å². The zero-order chi connectivity index (χ0) is 13.3. The molecule has 0 spiro atoms. The van der Waals surface area contributed by atoms with Gasteiger partial charge < -0.3 is 5.11 Å². The largest absolute Gasteiger partial charge is 0.494 e. The monoisotopic (exact) mass is 250 g/mol. The van der Waals surface area contributed by atoms with Gasteiger partial charge in [0.25, 0.3) is 5.56 Å². The lowest BCUT2D eigenvalue weighted by atomic mass is 10.2. The van der Waals surface area contributed by atoms with E-state index < -0.39 is 11.2 Å². The molecule has 2 heterocycles. The molecule has 7 heteroatoms. The van der Waals surface area contributed by atoms with Crippen LogP contribution < -0.4 is 11.2 Å². The van der Waals surface area contributed by atoms with Crippen molar-refractivity contribution in [2.75, 3.05) is 0 Å². The number of rotatable bonds is 3. The normalized spacial score (nSPS) is 10.8. The molecule has 0 aliphatic heterocycles. The van der Waals surface area contributed by atoms with Crippen LogP contribution in [0, 0.1) is 6.92 Å². The maximum Gasteiger partial charge on any atom is 0.331 e. The van der Waals surface area contributed by atoms with E-state index in [0.29, 0.717) is 6.42 Å². The van der Waals surface area contributed by atoms with Gasteiger partial charge in [0.15, 0.2) is 0 Å². The van der Waals surface area contributed by atoms with E-state index in [1.807, 2.05) is 6.20 Å². The maximum absolute atomic E-state index is 11.6. The SMILES string of the molecule is Cc1c(O)n(CCc2cnn(C)c2)c(=O)[nH]c1=O. The van der Waals surface area contributed by atoms with Crippen molar-refractivity contribution >= 4 is 0 Å². The smallest absolute Gasteiger partial charge is 0.331 e. The van der Waals surface area contributed by atoms with Crippen LogP contribution in [-0.2, 0) is 20.0 Å². The lowest BCUT2D eigenvalue weighted by molar-refractivity contribution is 0.395. The van der Waals surface area contributed by atoms with Crippen LogP contribution in [0.3, 0.4) is 0 Å². The Labute approximate surface area is 102 Å². The number of H-pyrrole nitrogens is 1. The zero-order valence-corrected chi connectivity index (χ0v) is 10.2. The fourth-order valence-electron chi connectivity index (χ4n) is 1.71. The van der Waals surface area contributed by atoms with E-state index in [4.69, 9.17) is 0 Å². The van der Waals surface area contributed by atoms with Crippen molar-refractivity contribution in [3.63, 3.8) is 0 Å². The van der Waals surface area contributed by atoms with E-state index in [0.717, 1.165) is 10.1 Å². The average molecular weight is 250 g/mol. The molecule has 0 saturated heterocycles. The minimum absolute atomic E-state index is 0.140. The molecule has 0 unspecified atom stereocenters. The van der Waals surface area contributed by atoms with Gasteiger partial charge in [-0.1, -0.05) is 0 Å². The molecular formula is C11H14N4O3. The Bertz CT molecular complexity index is 680. The fourth-order valence-corrected chi connectivity index (χ4v) is 1.71. The summed E-state index contributed by atoms with van der Waals surface area (Å²) in [5.74, 6) is -0.285. The predicted octanol–water partition coefficient (Wildman–Crippen LogP) is -0.473. The third-order valence-electron chi connectivity index (χ3n) is 2.78. The number of aryl methyl sites for hydroxylation is 2. The van der Waals surface area contributed by atoms with E-state index in [1.165, 1.54) is 6.92 Å². The van der Waals surface area contributed by atoms with E-state index in [9.17, 15) is 14.7 Å². The van der Waals surface area contributed by atoms with Gasteiger partial charge >= 0.3 is 5.69 Å². The van der Waals surface area contributed by atoms with Crippen LogP contribution in [0.25, 0.3) is 0 Å². The molecule has 18 heavy (non-hydrogen) atoms. The molecule has 2 N–H and O–H groups in total. The average Bonchev–Trinajstić information content (AvgIpc) is 2.72. The first-order chi connectivity index (χ1) is 8.49. The van der Waals surface area contributed by atoms with Crippen molar-refractivity contribution in [2.24, 2.45) is 7.05 Å². The number of nitrogens with zero attached hydrogens (tertiary/aromatic N) is 3. The Kier molecular flexibility index (Phi) is 3.05. The van der Waals surface area contributed by atoms with Gasteiger partial charge in [-0.3, -0.25) is 19.0 Å². The lowest BCUT2D eigenvalue weighted by Crippen LogP contribution is -2.31. The summed E-state index contributed by atoms with van der Waals surface area (Å²) in [5.41, 5.74) is -0.0736. The third kappa shape index (κ3) is 2.20. The molecule has 0 saturated carbocycles. The summed E-state index contributed by atoms with van der Waals surface area (Å²) in [6.07, 6.45) is 4.08. The summed E-state index contributed by atoms with van der Waals surface area (Å²) in [6.45, 7) is 1.75. The van der Waals surface area contributed by atoms with Crippen molar-refractivity contribution in [3.8, 4) is 5.88 Å². The van der Waals surface area contributed by atoms with Crippen molar-refractivity contribution in [2.45, 2.75) is 19.9 Å². The second-order valence-electron chi connectivity index (χ2n) is 4.13. The Morgan fingerprint density at radius 3 is 2.78 bits per heavy atom. The predicted molar refractivity (Wildman–Crippen MR) is 64.6 cm³/mol. The highest BCUT2D eigenvalue weighted by Gasteiger charge is 2.10. The van der Waals surface area contributed by atoms with Crippen molar-refractivity contribution in [1.82, 2.24) is 19.3 Å². The first-order valence-electron chi connectivity index (χ1n) is 5.49. The number of nitrogens with one attached hydrogen (secondary N) is 1. The Morgan fingerprint density at radius 2 is 2.17 bits per heavy atom. The number of aromatic amines is 1. The van der Waals surface area contributed by atoms with E-state index >= 15 is 0 Å². The molecule has 96 valence electrons. The summed E-state index contributed by atoms with van der Waals surface area (Å²) in [7, 11) is 1.80. The molecule has 0 aliphatic carbocycles. The molecule has 0 radical (unpaired) electrons. The topological polar surface area (TPSA) is 92.9 Å². The highest BCUT2D eigenvalue weighted by molar-refractivity contribution is 5.20. The molecule has 2 rings (SSSR count). The molecular weight excluding hydrogens is 236 g/mol. The quantitative estimate of drug-likeness (QED) is 0.770. The standard InChI is InChI=1S/C11H14N4O3/c1-7-9(16)13-11(18)15(10(7)17)4-3-8-5-12-14(2)6-8/h5-6,17H,3-4H2,1-2H3,(H,13,16,18). The van der Waals surface area contributed by atoms with E-state index in [1.54, 1.807) is 17.9 Å². The van der Waals surface area contributed by atoms with Crippen LogP contribution in [0.4, 0.5) is 0 Å². The van der Waals surface area contributed by atoms with Crippen molar-refractivity contribution in [1.29, 1.82) is 0 Å². The summed E-state index contributed by atoms with van der Waals surface area (Å²) >= 11 is 0. The number of aromatic nitrogens is 4. The second kappa shape index (κ2) is 4.52. The van der Waals surface area contributed by atoms with Gasteiger partial charge in [0.2, 0.25) is 5.88 Å². The minimum atomic E-state index is -0.605. The molecule has 0 atom stereocenters. The van der Waals surface area contributed by atoms with E-state index in [-0.39, 0.29) is 18.0 Å². The van der Waals surface area contributed by atoms with Crippen LogP contribution in [0.2, 0.25) is 0 Å². The molecule has 7 nitrogen and oxygen atoms in total. The zero-order valence-electron chi connectivity index (χ0n) is 10.2. The summed E-state index contributed by atoms with van der Waals surface area (Å²) < 4.78 is 2.81. The molecule has 2 aromatic rings. The van der Waals surface area contributed by atoms with Gasteiger partial charge in [-0.15, -0.1) is 0 Å². The first-order valence-corrected chi connectivity index (χ1v) is 5.49. The highest BCUT2D eigenvalue weighted by Crippen LogP contribution is 2.09. The molecule has 0 aromatic carbocycles. The minimum Gasteiger partial charge on any atom is -0.494 e. The lowest BCUT2D eigenvalue weighted by Gasteiger charge is -2.08. The van der Waals surface area contributed by atoms with Gasteiger partial charge in [0.1, 0.15) is 0 Å². The summed E-state index contributed by atoms with van der Waals surface area (Å²) in [4.78, 5) is 25.0. The van der Waals surface area contributed by atoms with Gasteiger partial charge in [-0.2, -0.15) is 5.10 Å². The molecule has 2 aromatic heterocycles. The van der Waals surface area contributed by atoms with Crippen LogP contribution in [0.15, 0.2) is 22.0 Å². The van der Waals surface area contributed by atoms with Crippen molar-refractivity contribution < 1.29 is 5.11 Å². The summed E-state index contributed by atoms with van der Waals surface area (Å²) in [6, 6.07) is 0. The number of hydrogen-bond acceptors (Lipinski definition) is 4. The third-order valence-corrected chi connectivity index (χ3v) is 2.78. The molecule has 0 amide bonds. The number of aromatic hydroxyl groups is 1. The second-order valence-corrected chi connectivity index (χ2v) is 4.13.